The molecule has 1 aromatic carbocycles. The summed E-state index contributed by atoms with van der Waals surface area (Å²) in [6, 6.07) is 5.47. The highest BCUT2D eigenvalue weighted by Crippen LogP contribution is 2.31. The van der Waals surface area contributed by atoms with Gasteiger partial charge in [-0.15, -0.1) is 0 Å². The number of hydrogen-bond acceptors (Lipinski definition) is 3. The molecule has 1 atom stereocenters. The van der Waals surface area contributed by atoms with Gasteiger partial charge in [-0.05, 0) is 66.4 Å². The van der Waals surface area contributed by atoms with E-state index in [1.54, 1.807) is 6.08 Å². The van der Waals surface area contributed by atoms with Crippen LogP contribution in [0.5, 0.6) is 5.75 Å². The van der Waals surface area contributed by atoms with Crippen molar-refractivity contribution in [2.45, 2.75) is 38.4 Å². The molecule has 1 aliphatic heterocycles. The minimum absolute atomic E-state index is 0.0588. The highest BCUT2D eigenvalue weighted by atomic mass is 79.9. The zero-order valence-corrected chi connectivity index (χ0v) is 13.7. The SMILES string of the molecule is CC1(C)CCC(COc2ccc(/C=C/C(=O)O)cc2Br)O1. The second-order valence-corrected chi connectivity index (χ2v) is 6.56. The van der Waals surface area contributed by atoms with E-state index in [9.17, 15) is 4.79 Å². The van der Waals surface area contributed by atoms with Crippen LogP contribution in [0.15, 0.2) is 28.7 Å². The van der Waals surface area contributed by atoms with E-state index in [4.69, 9.17) is 14.6 Å². The maximum Gasteiger partial charge on any atom is 0.328 e. The number of benzene rings is 1. The van der Waals surface area contributed by atoms with Crippen molar-refractivity contribution in [3.8, 4) is 5.75 Å². The van der Waals surface area contributed by atoms with Crippen LogP contribution in [0.2, 0.25) is 0 Å². The summed E-state index contributed by atoms with van der Waals surface area (Å²) in [5.74, 6) is -0.233. The molecule has 0 bridgehead atoms. The number of carbonyl (C=O) groups is 1. The molecule has 1 N–H and O–H groups in total. The van der Waals surface area contributed by atoms with Crippen LogP contribution in [-0.2, 0) is 9.53 Å². The summed E-state index contributed by atoms with van der Waals surface area (Å²) < 4.78 is 12.5. The Balaban J connectivity index is 1.94. The summed E-state index contributed by atoms with van der Waals surface area (Å²) in [7, 11) is 0. The summed E-state index contributed by atoms with van der Waals surface area (Å²) in [5, 5.41) is 8.61. The van der Waals surface area contributed by atoms with E-state index < -0.39 is 5.97 Å². The Bertz CT molecular complexity index is 551. The van der Waals surface area contributed by atoms with Crippen LogP contribution in [0.4, 0.5) is 0 Å². The molecule has 0 aromatic heterocycles. The zero-order valence-electron chi connectivity index (χ0n) is 12.1. The third-order valence-electron chi connectivity index (χ3n) is 3.35. The Morgan fingerprint density at radius 1 is 1.57 bits per heavy atom. The number of carboxylic acids is 1. The van der Waals surface area contributed by atoms with Crippen molar-refractivity contribution in [3.05, 3.63) is 34.3 Å². The van der Waals surface area contributed by atoms with Crippen molar-refractivity contribution >= 4 is 28.0 Å². The summed E-state index contributed by atoms with van der Waals surface area (Å²) in [6.07, 6.45) is 4.82. The monoisotopic (exact) mass is 354 g/mol. The lowest BCUT2D eigenvalue weighted by molar-refractivity contribution is -0.131. The molecule has 1 heterocycles. The first-order valence-electron chi connectivity index (χ1n) is 6.87. The average molecular weight is 355 g/mol. The van der Waals surface area contributed by atoms with Gasteiger partial charge in [-0.3, -0.25) is 0 Å². The van der Waals surface area contributed by atoms with Crippen LogP contribution in [0.3, 0.4) is 0 Å². The molecular formula is C16H19BrO4. The number of carboxylic acid groups (broad SMARTS) is 1. The standard InChI is InChI=1S/C16H19BrO4/c1-16(2)8-7-12(21-16)10-20-14-5-3-11(9-13(14)17)4-6-15(18)19/h3-6,9,12H,7-8,10H2,1-2H3,(H,18,19)/b6-4+. The van der Waals surface area contributed by atoms with Gasteiger partial charge in [0, 0.05) is 6.08 Å². The van der Waals surface area contributed by atoms with E-state index in [2.05, 4.69) is 29.8 Å². The Kier molecular flexibility index (Phi) is 5.06. The molecule has 1 fully saturated rings. The van der Waals surface area contributed by atoms with Crippen LogP contribution < -0.4 is 4.74 Å². The first-order chi connectivity index (χ1) is 9.85. The van der Waals surface area contributed by atoms with E-state index in [-0.39, 0.29) is 11.7 Å². The number of rotatable bonds is 5. The normalized spacial score (nSPS) is 20.8. The van der Waals surface area contributed by atoms with Gasteiger partial charge in [0.05, 0.1) is 16.2 Å². The number of ether oxygens (including phenoxy) is 2. The minimum Gasteiger partial charge on any atom is -0.490 e. The van der Waals surface area contributed by atoms with Crippen molar-refractivity contribution < 1.29 is 19.4 Å². The topological polar surface area (TPSA) is 55.8 Å². The fourth-order valence-corrected chi connectivity index (χ4v) is 2.79. The highest BCUT2D eigenvalue weighted by Gasteiger charge is 2.31. The van der Waals surface area contributed by atoms with Gasteiger partial charge >= 0.3 is 5.97 Å². The van der Waals surface area contributed by atoms with E-state index >= 15 is 0 Å². The fourth-order valence-electron chi connectivity index (χ4n) is 2.28. The lowest BCUT2D eigenvalue weighted by atomic mass is 10.1. The highest BCUT2D eigenvalue weighted by molar-refractivity contribution is 9.10. The van der Waals surface area contributed by atoms with Gasteiger partial charge < -0.3 is 14.6 Å². The lowest BCUT2D eigenvalue weighted by Crippen LogP contribution is -2.23. The predicted molar refractivity (Wildman–Crippen MR) is 84.5 cm³/mol. The van der Waals surface area contributed by atoms with Crippen LogP contribution in [0.1, 0.15) is 32.3 Å². The Morgan fingerprint density at radius 3 is 2.90 bits per heavy atom. The van der Waals surface area contributed by atoms with Crippen LogP contribution >= 0.6 is 15.9 Å². The Hall–Kier alpha value is -1.33. The van der Waals surface area contributed by atoms with Crippen molar-refractivity contribution in [2.24, 2.45) is 0 Å². The van der Waals surface area contributed by atoms with Gasteiger partial charge in [0.15, 0.2) is 0 Å². The molecule has 1 aromatic rings. The Labute approximate surface area is 132 Å². The van der Waals surface area contributed by atoms with Gasteiger partial charge in [-0.1, -0.05) is 6.07 Å². The summed E-state index contributed by atoms with van der Waals surface area (Å²) >= 11 is 3.44. The molecule has 4 nitrogen and oxygen atoms in total. The van der Waals surface area contributed by atoms with E-state index in [0.29, 0.717) is 6.61 Å². The minimum atomic E-state index is -0.965. The molecular weight excluding hydrogens is 336 g/mol. The smallest absolute Gasteiger partial charge is 0.328 e. The molecule has 0 radical (unpaired) electrons. The molecule has 0 amide bonds. The zero-order chi connectivity index (χ0) is 15.5. The van der Waals surface area contributed by atoms with Crippen LogP contribution in [-0.4, -0.2) is 29.4 Å². The van der Waals surface area contributed by atoms with Crippen molar-refractivity contribution in [1.82, 2.24) is 0 Å². The van der Waals surface area contributed by atoms with Crippen molar-refractivity contribution in [3.63, 3.8) is 0 Å². The van der Waals surface area contributed by atoms with Crippen LogP contribution in [0, 0.1) is 0 Å². The molecule has 0 saturated carbocycles. The molecule has 0 aliphatic carbocycles. The first kappa shape index (κ1) is 16.0. The molecule has 1 aliphatic rings. The molecule has 114 valence electrons. The van der Waals surface area contributed by atoms with E-state index in [1.165, 1.54) is 0 Å². The number of hydrogen-bond donors (Lipinski definition) is 1. The molecule has 0 spiro atoms. The van der Waals surface area contributed by atoms with Gasteiger partial charge in [0.1, 0.15) is 12.4 Å². The van der Waals surface area contributed by atoms with Gasteiger partial charge in [0.2, 0.25) is 0 Å². The second-order valence-electron chi connectivity index (χ2n) is 5.71. The average Bonchev–Trinajstić information content (AvgIpc) is 2.75. The van der Waals surface area contributed by atoms with Gasteiger partial charge in [-0.25, -0.2) is 4.79 Å². The fraction of sp³-hybridized carbons (Fsp3) is 0.438. The molecule has 1 unspecified atom stereocenters. The Morgan fingerprint density at radius 2 is 2.33 bits per heavy atom. The van der Waals surface area contributed by atoms with Crippen LogP contribution in [0.25, 0.3) is 6.08 Å². The summed E-state index contributed by atoms with van der Waals surface area (Å²) in [6.45, 7) is 4.70. The van der Waals surface area contributed by atoms with E-state index in [0.717, 1.165) is 34.7 Å². The molecule has 1 saturated heterocycles. The molecule has 21 heavy (non-hydrogen) atoms. The second kappa shape index (κ2) is 6.62. The predicted octanol–water partition coefficient (Wildman–Crippen LogP) is 3.88. The quantitative estimate of drug-likeness (QED) is 0.815. The van der Waals surface area contributed by atoms with Gasteiger partial charge in [0.25, 0.3) is 0 Å². The third-order valence-corrected chi connectivity index (χ3v) is 3.97. The van der Waals surface area contributed by atoms with Gasteiger partial charge in [-0.2, -0.15) is 0 Å². The van der Waals surface area contributed by atoms with Crippen molar-refractivity contribution in [1.29, 1.82) is 0 Å². The number of halogens is 1. The lowest BCUT2D eigenvalue weighted by Gasteiger charge is -2.19. The molecule has 2 rings (SSSR count). The van der Waals surface area contributed by atoms with E-state index in [1.807, 2.05) is 18.2 Å². The maximum absolute atomic E-state index is 10.5. The largest absolute Gasteiger partial charge is 0.490 e. The molecule has 5 heteroatoms. The maximum atomic E-state index is 10.5. The summed E-state index contributed by atoms with van der Waals surface area (Å²) in [5.41, 5.74) is 0.742. The van der Waals surface area contributed by atoms with Crippen molar-refractivity contribution in [2.75, 3.05) is 6.61 Å². The number of aliphatic carboxylic acids is 1. The third kappa shape index (κ3) is 4.86. The summed E-state index contributed by atoms with van der Waals surface area (Å²) in [4.78, 5) is 10.5. The first-order valence-corrected chi connectivity index (χ1v) is 7.66.